The number of sulfonamides is 1. The quantitative estimate of drug-likeness (QED) is 0.576. The molecule has 0 aliphatic rings. The Kier molecular flexibility index (Phi) is 5.99. The van der Waals surface area contributed by atoms with Crippen LogP contribution in [0.1, 0.15) is 28.3 Å². The van der Waals surface area contributed by atoms with Gasteiger partial charge >= 0.3 is 0 Å². The first-order valence-electron chi connectivity index (χ1n) is 9.36. The van der Waals surface area contributed by atoms with Gasteiger partial charge in [0.15, 0.2) is 5.82 Å². The fourth-order valence-electron chi connectivity index (χ4n) is 3.17. The van der Waals surface area contributed by atoms with Crippen LogP contribution in [0.25, 0.3) is 5.82 Å². The van der Waals surface area contributed by atoms with Crippen LogP contribution in [0.4, 0.5) is 5.82 Å². The van der Waals surface area contributed by atoms with Gasteiger partial charge in [0.05, 0.1) is 10.6 Å². The van der Waals surface area contributed by atoms with Crippen LogP contribution >= 0.6 is 0 Å². The highest BCUT2D eigenvalue weighted by atomic mass is 32.2. The first kappa shape index (κ1) is 20.9. The molecule has 0 spiro atoms. The molecule has 8 nitrogen and oxygen atoms in total. The Bertz CT molecular complexity index is 1140. The zero-order valence-corrected chi connectivity index (χ0v) is 18.1. The van der Waals surface area contributed by atoms with E-state index in [9.17, 15) is 8.42 Å². The van der Waals surface area contributed by atoms with E-state index in [1.54, 1.807) is 29.8 Å². The highest BCUT2D eigenvalue weighted by Crippen LogP contribution is 2.16. The third-order valence-electron chi connectivity index (χ3n) is 4.39. The predicted octanol–water partition coefficient (Wildman–Crippen LogP) is 2.59. The van der Waals surface area contributed by atoms with Crippen molar-refractivity contribution in [3.8, 4) is 5.82 Å². The van der Waals surface area contributed by atoms with Crippen LogP contribution in [0.3, 0.4) is 0 Å². The third kappa shape index (κ3) is 4.99. The predicted molar refractivity (Wildman–Crippen MR) is 113 cm³/mol. The molecule has 2 N–H and O–H groups in total. The fraction of sp³-hybridized carbons (Fsp3) is 0.350. The first-order valence-corrected chi connectivity index (χ1v) is 10.8. The largest absolute Gasteiger partial charge is 0.369 e. The van der Waals surface area contributed by atoms with E-state index < -0.39 is 10.0 Å². The summed E-state index contributed by atoms with van der Waals surface area (Å²) in [6, 6.07) is 9.06. The normalized spacial score (nSPS) is 11.6. The summed E-state index contributed by atoms with van der Waals surface area (Å²) in [5.41, 5.74) is 3.65. The second kappa shape index (κ2) is 8.30. The van der Waals surface area contributed by atoms with Crippen LogP contribution < -0.4 is 10.0 Å². The second-order valence-electron chi connectivity index (χ2n) is 7.09. The van der Waals surface area contributed by atoms with Gasteiger partial charge in [-0.25, -0.2) is 27.8 Å². The van der Waals surface area contributed by atoms with Crippen LogP contribution in [0, 0.1) is 34.6 Å². The molecule has 0 bridgehead atoms. The number of aryl methyl sites for hydroxylation is 5. The second-order valence-corrected chi connectivity index (χ2v) is 8.83. The summed E-state index contributed by atoms with van der Waals surface area (Å²) in [6.07, 6.45) is 0. The van der Waals surface area contributed by atoms with Crippen molar-refractivity contribution in [2.24, 2.45) is 0 Å². The number of aromatic nitrogens is 4. The maximum Gasteiger partial charge on any atom is 0.240 e. The molecule has 2 heterocycles. The van der Waals surface area contributed by atoms with Crippen molar-refractivity contribution in [1.29, 1.82) is 0 Å². The van der Waals surface area contributed by atoms with Crippen molar-refractivity contribution >= 4 is 15.8 Å². The van der Waals surface area contributed by atoms with E-state index in [0.717, 1.165) is 22.5 Å². The highest BCUT2D eigenvalue weighted by molar-refractivity contribution is 7.89. The Morgan fingerprint density at radius 1 is 0.966 bits per heavy atom. The number of hydrogen-bond donors (Lipinski definition) is 2. The van der Waals surface area contributed by atoms with Crippen molar-refractivity contribution in [3.63, 3.8) is 0 Å². The average Bonchev–Trinajstić information content (AvgIpc) is 2.96. The molecule has 0 aliphatic carbocycles. The van der Waals surface area contributed by atoms with Crippen molar-refractivity contribution < 1.29 is 8.42 Å². The van der Waals surface area contributed by atoms with Crippen molar-refractivity contribution in [3.05, 3.63) is 58.7 Å². The minimum absolute atomic E-state index is 0.230. The van der Waals surface area contributed by atoms with Gasteiger partial charge in [0.1, 0.15) is 11.6 Å². The standard InChI is InChI=1S/C20H26N6O2S/c1-13-6-7-18(14(2)10-13)29(27,28)22-9-8-21-19-12-20(24-17(5)23-19)26-16(4)11-15(3)25-26/h6-7,10-12,22H,8-9H2,1-5H3,(H,21,23,24). The number of hydrogen-bond acceptors (Lipinski definition) is 6. The molecule has 0 saturated heterocycles. The Morgan fingerprint density at radius 3 is 2.38 bits per heavy atom. The summed E-state index contributed by atoms with van der Waals surface area (Å²) in [6.45, 7) is 10.0. The number of nitrogens with zero attached hydrogens (tertiary/aromatic N) is 4. The Balaban J connectivity index is 1.65. The van der Waals surface area contributed by atoms with Crippen molar-refractivity contribution in [2.75, 3.05) is 18.4 Å². The molecule has 0 amide bonds. The molecule has 0 atom stereocenters. The number of benzene rings is 1. The molecular weight excluding hydrogens is 388 g/mol. The zero-order chi connectivity index (χ0) is 21.2. The maximum atomic E-state index is 12.5. The lowest BCUT2D eigenvalue weighted by Gasteiger charge is -2.12. The van der Waals surface area contributed by atoms with E-state index in [-0.39, 0.29) is 6.54 Å². The summed E-state index contributed by atoms with van der Waals surface area (Å²) in [5, 5.41) is 7.60. The lowest BCUT2D eigenvalue weighted by atomic mass is 10.2. The molecule has 0 radical (unpaired) electrons. The topological polar surface area (TPSA) is 102 Å². The minimum atomic E-state index is -3.56. The van der Waals surface area contributed by atoms with Crippen LogP contribution in [0.2, 0.25) is 0 Å². The van der Waals surface area contributed by atoms with Gasteiger partial charge in [-0.05, 0) is 52.3 Å². The van der Waals surface area contributed by atoms with Crippen LogP contribution in [0.5, 0.6) is 0 Å². The average molecular weight is 415 g/mol. The van der Waals surface area contributed by atoms with Gasteiger partial charge in [0.2, 0.25) is 10.0 Å². The summed E-state index contributed by atoms with van der Waals surface area (Å²) in [5.74, 6) is 1.89. The van der Waals surface area contributed by atoms with Crippen LogP contribution in [-0.4, -0.2) is 41.3 Å². The molecule has 1 aromatic carbocycles. The van der Waals surface area contributed by atoms with Gasteiger partial charge in [0, 0.05) is 24.8 Å². The minimum Gasteiger partial charge on any atom is -0.369 e. The van der Waals surface area contributed by atoms with E-state index in [1.807, 2.05) is 39.8 Å². The Labute approximate surface area is 171 Å². The summed E-state index contributed by atoms with van der Waals surface area (Å²) in [7, 11) is -3.56. The molecule has 2 aromatic heterocycles. The van der Waals surface area contributed by atoms with E-state index in [1.165, 1.54) is 0 Å². The zero-order valence-electron chi connectivity index (χ0n) is 17.3. The van der Waals surface area contributed by atoms with Crippen LogP contribution in [-0.2, 0) is 10.0 Å². The molecule has 0 aliphatic heterocycles. The summed E-state index contributed by atoms with van der Waals surface area (Å²) in [4.78, 5) is 9.11. The van der Waals surface area contributed by atoms with E-state index >= 15 is 0 Å². The van der Waals surface area contributed by atoms with E-state index in [4.69, 9.17) is 0 Å². The highest BCUT2D eigenvalue weighted by Gasteiger charge is 2.16. The monoisotopic (exact) mass is 414 g/mol. The molecule has 3 aromatic rings. The molecule has 29 heavy (non-hydrogen) atoms. The lowest BCUT2D eigenvalue weighted by molar-refractivity contribution is 0.582. The molecule has 154 valence electrons. The van der Waals surface area contributed by atoms with Gasteiger partial charge < -0.3 is 5.32 Å². The first-order chi connectivity index (χ1) is 13.7. The Hall–Kier alpha value is -2.78. The molecular formula is C20H26N6O2S. The number of anilines is 1. The van der Waals surface area contributed by atoms with Gasteiger partial charge in [-0.3, -0.25) is 0 Å². The SMILES string of the molecule is Cc1ccc(S(=O)(=O)NCCNc2cc(-n3nc(C)cc3C)nc(C)n2)c(C)c1. The maximum absolute atomic E-state index is 12.5. The van der Waals surface area contributed by atoms with Gasteiger partial charge in [0.25, 0.3) is 0 Å². The summed E-state index contributed by atoms with van der Waals surface area (Å²) < 4.78 is 29.5. The molecule has 9 heteroatoms. The number of rotatable bonds is 7. The van der Waals surface area contributed by atoms with Gasteiger partial charge in [-0.1, -0.05) is 17.7 Å². The smallest absolute Gasteiger partial charge is 0.240 e. The van der Waals surface area contributed by atoms with E-state index in [0.29, 0.717) is 28.9 Å². The van der Waals surface area contributed by atoms with Crippen molar-refractivity contribution in [2.45, 2.75) is 39.5 Å². The Morgan fingerprint density at radius 2 is 1.72 bits per heavy atom. The molecule has 0 fully saturated rings. The van der Waals surface area contributed by atoms with Crippen LogP contribution in [0.15, 0.2) is 35.2 Å². The van der Waals surface area contributed by atoms with Crippen molar-refractivity contribution in [1.82, 2.24) is 24.5 Å². The molecule has 3 rings (SSSR count). The molecule has 0 saturated carbocycles. The summed E-state index contributed by atoms with van der Waals surface area (Å²) >= 11 is 0. The van der Waals surface area contributed by atoms with Gasteiger partial charge in [-0.2, -0.15) is 5.10 Å². The van der Waals surface area contributed by atoms with Gasteiger partial charge in [-0.15, -0.1) is 0 Å². The number of nitrogens with one attached hydrogen (secondary N) is 2. The third-order valence-corrected chi connectivity index (χ3v) is 6.02. The fourth-order valence-corrected chi connectivity index (χ4v) is 4.42. The van der Waals surface area contributed by atoms with E-state index in [2.05, 4.69) is 25.1 Å². The lowest BCUT2D eigenvalue weighted by Crippen LogP contribution is -2.29. The molecule has 0 unspecified atom stereocenters.